The monoisotopic (exact) mass is 277 g/mol. The lowest BCUT2D eigenvalue weighted by atomic mass is 10.1. The lowest BCUT2D eigenvalue weighted by molar-refractivity contribution is 0.211. The van der Waals surface area contributed by atoms with Gasteiger partial charge in [0.05, 0.1) is 6.61 Å². The molecule has 1 rings (SSSR count). The number of hydrogen-bond acceptors (Lipinski definition) is 3. The first-order valence-electron chi connectivity index (χ1n) is 7.33. The SMILES string of the molecule is C=CCc1cc(OCC)ccc1OC(C)CNC(C)C. The molecule has 0 amide bonds. The summed E-state index contributed by atoms with van der Waals surface area (Å²) in [5.74, 6) is 1.79. The molecule has 20 heavy (non-hydrogen) atoms. The molecule has 112 valence electrons. The van der Waals surface area contributed by atoms with Crippen LogP contribution in [0.5, 0.6) is 11.5 Å². The first-order valence-corrected chi connectivity index (χ1v) is 7.33. The van der Waals surface area contributed by atoms with Crippen molar-refractivity contribution in [2.24, 2.45) is 0 Å². The smallest absolute Gasteiger partial charge is 0.123 e. The summed E-state index contributed by atoms with van der Waals surface area (Å²) in [5.41, 5.74) is 1.11. The van der Waals surface area contributed by atoms with E-state index in [9.17, 15) is 0 Å². The topological polar surface area (TPSA) is 30.5 Å². The van der Waals surface area contributed by atoms with Gasteiger partial charge in [0, 0.05) is 18.2 Å². The first-order chi connectivity index (χ1) is 9.56. The van der Waals surface area contributed by atoms with Crippen LogP contribution in [0, 0.1) is 0 Å². The van der Waals surface area contributed by atoms with Gasteiger partial charge in [-0.3, -0.25) is 0 Å². The minimum atomic E-state index is 0.124. The summed E-state index contributed by atoms with van der Waals surface area (Å²) in [6.07, 6.45) is 2.79. The fraction of sp³-hybridized carbons (Fsp3) is 0.529. The van der Waals surface area contributed by atoms with E-state index in [1.54, 1.807) is 0 Å². The van der Waals surface area contributed by atoms with Crippen LogP contribution in [-0.4, -0.2) is 25.3 Å². The molecule has 0 bridgehead atoms. The Balaban J connectivity index is 2.74. The Labute approximate surface area is 123 Å². The zero-order chi connectivity index (χ0) is 15.0. The van der Waals surface area contributed by atoms with Crippen molar-refractivity contribution in [2.75, 3.05) is 13.2 Å². The van der Waals surface area contributed by atoms with Gasteiger partial charge in [0.15, 0.2) is 0 Å². The number of rotatable bonds is 9. The second-order valence-electron chi connectivity index (χ2n) is 5.19. The molecule has 1 aromatic rings. The number of hydrogen-bond donors (Lipinski definition) is 1. The molecule has 0 radical (unpaired) electrons. The van der Waals surface area contributed by atoms with Crippen LogP contribution in [0.1, 0.15) is 33.3 Å². The molecular weight excluding hydrogens is 250 g/mol. The molecule has 3 heteroatoms. The lowest BCUT2D eigenvalue weighted by Gasteiger charge is -2.19. The maximum Gasteiger partial charge on any atom is 0.123 e. The Morgan fingerprint density at radius 3 is 2.65 bits per heavy atom. The first kappa shape index (κ1) is 16.6. The van der Waals surface area contributed by atoms with Crippen molar-refractivity contribution >= 4 is 0 Å². The molecule has 0 saturated heterocycles. The highest BCUT2D eigenvalue weighted by Gasteiger charge is 2.09. The van der Waals surface area contributed by atoms with Gasteiger partial charge in [-0.15, -0.1) is 6.58 Å². The largest absolute Gasteiger partial charge is 0.494 e. The normalized spacial score (nSPS) is 12.2. The van der Waals surface area contributed by atoms with E-state index in [2.05, 4.69) is 32.7 Å². The quantitative estimate of drug-likeness (QED) is 0.700. The van der Waals surface area contributed by atoms with Crippen molar-refractivity contribution in [1.29, 1.82) is 0 Å². The molecular formula is C17H27NO2. The molecule has 0 heterocycles. The van der Waals surface area contributed by atoms with E-state index in [0.29, 0.717) is 12.6 Å². The minimum absolute atomic E-state index is 0.124. The average Bonchev–Trinajstić information content (AvgIpc) is 2.40. The molecule has 1 atom stereocenters. The summed E-state index contributed by atoms with van der Waals surface area (Å²) in [7, 11) is 0. The lowest BCUT2D eigenvalue weighted by Crippen LogP contribution is -2.33. The highest BCUT2D eigenvalue weighted by molar-refractivity contribution is 5.41. The summed E-state index contributed by atoms with van der Waals surface area (Å²) in [6.45, 7) is 13.6. The van der Waals surface area contributed by atoms with Crippen molar-refractivity contribution in [3.63, 3.8) is 0 Å². The molecule has 0 aliphatic rings. The summed E-state index contributed by atoms with van der Waals surface area (Å²) in [6, 6.07) is 6.43. The number of benzene rings is 1. The van der Waals surface area contributed by atoms with Gasteiger partial charge in [-0.2, -0.15) is 0 Å². The van der Waals surface area contributed by atoms with Gasteiger partial charge in [0.2, 0.25) is 0 Å². The van der Waals surface area contributed by atoms with Crippen LogP contribution in [0.2, 0.25) is 0 Å². The standard InChI is InChI=1S/C17H27NO2/c1-6-8-15-11-16(19-7-2)9-10-17(15)20-14(5)12-18-13(3)4/h6,9-11,13-14,18H,1,7-8,12H2,2-5H3. The van der Waals surface area contributed by atoms with E-state index >= 15 is 0 Å². The van der Waals surface area contributed by atoms with E-state index in [1.165, 1.54) is 0 Å². The minimum Gasteiger partial charge on any atom is -0.494 e. The molecule has 0 fully saturated rings. The summed E-state index contributed by atoms with van der Waals surface area (Å²) in [4.78, 5) is 0. The molecule has 0 aliphatic carbocycles. The van der Waals surface area contributed by atoms with Crippen LogP contribution < -0.4 is 14.8 Å². The number of nitrogens with one attached hydrogen (secondary N) is 1. The Morgan fingerprint density at radius 1 is 1.30 bits per heavy atom. The van der Waals surface area contributed by atoms with Crippen LogP contribution in [0.4, 0.5) is 0 Å². The molecule has 0 saturated carbocycles. The van der Waals surface area contributed by atoms with Gasteiger partial charge in [0.1, 0.15) is 17.6 Å². The number of ether oxygens (including phenoxy) is 2. The molecule has 1 N–H and O–H groups in total. The van der Waals surface area contributed by atoms with Gasteiger partial charge in [-0.05, 0) is 38.5 Å². The van der Waals surface area contributed by atoms with Crippen LogP contribution in [-0.2, 0) is 6.42 Å². The van der Waals surface area contributed by atoms with Crippen LogP contribution in [0.15, 0.2) is 30.9 Å². The van der Waals surface area contributed by atoms with Gasteiger partial charge >= 0.3 is 0 Å². The maximum absolute atomic E-state index is 6.02. The highest BCUT2D eigenvalue weighted by atomic mass is 16.5. The van der Waals surface area contributed by atoms with Gasteiger partial charge in [0.25, 0.3) is 0 Å². The van der Waals surface area contributed by atoms with Crippen LogP contribution in [0.3, 0.4) is 0 Å². The second-order valence-corrected chi connectivity index (χ2v) is 5.19. The summed E-state index contributed by atoms with van der Waals surface area (Å²) >= 11 is 0. The summed E-state index contributed by atoms with van der Waals surface area (Å²) in [5, 5.41) is 3.38. The third kappa shape index (κ3) is 5.66. The maximum atomic E-state index is 6.02. The fourth-order valence-corrected chi connectivity index (χ4v) is 1.90. The predicted molar refractivity (Wildman–Crippen MR) is 84.7 cm³/mol. The van der Waals surface area contributed by atoms with Gasteiger partial charge < -0.3 is 14.8 Å². The molecule has 3 nitrogen and oxygen atoms in total. The predicted octanol–water partition coefficient (Wildman–Crippen LogP) is 3.58. The Kier molecular flexibility index (Phi) is 7.16. The third-order valence-electron chi connectivity index (χ3n) is 2.85. The van der Waals surface area contributed by atoms with Crippen molar-refractivity contribution in [2.45, 2.75) is 46.3 Å². The fourth-order valence-electron chi connectivity index (χ4n) is 1.90. The molecule has 0 aliphatic heterocycles. The molecule has 1 aromatic carbocycles. The third-order valence-corrected chi connectivity index (χ3v) is 2.85. The Morgan fingerprint density at radius 2 is 2.05 bits per heavy atom. The molecule has 0 spiro atoms. The van der Waals surface area contributed by atoms with E-state index in [-0.39, 0.29) is 6.10 Å². The molecule has 0 aromatic heterocycles. The van der Waals surface area contributed by atoms with Crippen LogP contribution in [0.25, 0.3) is 0 Å². The van der Waals surface area contributed by atoms with E-state index in [1.807, 2.05) is 31.2 Å². The van der Waals surface area contributed by atoms with Crippen molar-refractivity contribution in [1.82, 2.24) is 5.32 Å². The number of allylic oxidation sites excluding steroid dienone is 1. The Hall–Kier alpha value is -1.48. The van der Waals surface area contributed by atoms with Crippen molar-refractivity contribution in [3.05, 3.63) is 36.4 Å². The highest BCUT2D eigenvalue weighted by Crippen LogP contribution is 2.26. The second kappa shape index (κ2) is 8.64. The van der Waals surface area contributed by atoms with E-state index in [0.717, 1.165) is 30.0 Å². The zero-order valence-electron chi connectivity index (χ0n) is 13.1. The van der Waals surface area contributed by atoms with Crippen molar-refractivity contribution < 1.29 is 9.47 Å². The van der Waals surface area contributed by atoms with Gasteiger partial charge in [-0.25, -0.2) is 0 Å². The zero-order valence-corrected chi connectivity index (χ0v) is 13.1. The molecule has 1 unspecified atom stereocenters. The van der Waals surface area contributed by atoms with Crippen molar-refractivity contribution in [3.8, 4) is 11.5 Å². The van der Waals surface area contributed by atoms with Crippen LogP contribution >= 0.6 is 0 Å². The average molecular weight is 277 g/mol. The van der Waals surface area contributed by atoms with E-state index < -0.39 is 0 Å². The summed E-state index contributed by atoms with van der Waals surface area (Å²) < 4.78 is 11.5. The van der Waals surface area contributed by atoms with Gasteiger partial charge in [-0.1, -0.05) is 19.9 Å². The van der Waals surface area contributed by atoms with E-state index in [4.69, 9.17) is 9.47 Å². The Bertz CT molecular complexity index is 415.